The summed E-state index contributed by atoms with van der Waals surface area (Å²) in [6.45, 7) is 2.72. The molecule has 0 radical (unpaired) electrons. The summed E-state index contributed by atoms with van der Waals surface area (Å²) in [5.74, 6) is 2.10. The fraction of sp³-hybridized carbons (Fsp3) is 0.400. The molecule has 5 rings (SSSR count). The number of aliphatic hydroxyl groups is 1. The van der Waals surface area contributed by atoms with E-state index >= 15 is 0 Å². The maximum Gasteiger partial charge on any atom is 0.162 e. The standard InChI is InChI=1S/C30H36ClN5O2/c1-19-28(26-17-33-27-12-8-7-11-25(26)27)34-29(35-30(19)36(3)22-9-5-4-6-10-22)20-13-21(31)15-24(14-20)38-18-23(37)16-32-2/h7-8,11-15,17,22-23,32-33,37H,4-6,9-10,16,18H2,1-3H3. The van der Waals surface area contributed by atoms with Gasteiger partial charge in [-0.1, -0.05) is 49.1 Å². The van der Waals surface area contributed by atoms with Gasteiger partial charge in [0.05, 0.1) is 5.69 Å². The summed E-state index contributed by atoms with van der Waals surface area (Å²) in [5.41, 5.74) is 4.85. The number of nitrogens with one attached hydrogen (secondary N) is 2. The Hall–Kier alpha value is -3.13. The topological polar surface area (TPSA) is 86.3 Å². The average Bonchev–Trinajstić information content (AvgIpc) is 3.36. The van der Waals surface area contributed by atoms with E-state index in [2.05, 4.69) is 47.4 Å². The molecular weight excluding hydrogens is 498 g/mol. The number of anilines is 1. The molecule has 0 bridgehead atoms. The Bertz CT molecular complexity index is 1400. The molecular formula is C30H36ClN5O2. The van der Waals surface area contributed by atoms with Crippen LogP contribution in [0.5, 0.6) is 5.75 Å². The van der Waals surface area contributed by atoms with Crippen molar-refractivity contribution in [2.24, 2.45) is 0 Å². The van der Waals surface area contributed by atoms with Crippen molar-refractivity contribution in [1.82, 2.24) is 20.3 Å². The highest BCUT2D eigenvalue weighted by Crippen LogP contribution is 2.37. The number of hydrogen-bond acceptors (Lipinski definition) is 6. The van der Waals surface area contributed by atoms with Crippen LogP contribution in [0, 0.1) is 6.92 Å². The number of aromatic nitrogens is 3. The molecule has 0 saturated heterocycles. The zero-order chi connectivity index (χ0) is 26.6. The van der Waals surface area contributed by atoms with Gasteiger partial charge in [-0.2, -0.15) is 0 Å². The second kappa shape index (κ2) is 11.7. The van der Waals surface area contributed by atoms with Crippen molar-refractivity contribution < 1.29 is 9.84 Å². The number of aliphatic hydroxyl groups excluding tert-OH is 1. The quantitative estimate of drug-likeness (QED) is 0.245. The summed E-state index contributed by atoms with van der Waals surface area (Å²) in [7, 11) is 3.95. The molecule has 4 aromatic rings. The first kappa shape index (κ1) is 26.5. The van der Waals surface area contributed by atoms with Crippen LogP contribution in [0.4, 0.5) is 5.82 Å². The molecule has 8 heteroatoms. The van der Waals surface area contributed by atoms with Gasteiger partial charge in [-0.05, 0) is 51.1 Å². The van der Waals surface area contributed by atoms with Gasteiger partial charge in [0.25, 0.3) is 0 Å². The number of H-pyrrole nitrogens is 1. The largest absolute Gasteiger partial charge is 0.491 e. The molecule has 2 aromatic carbocycles. The van der Waals surface area contributed by atoms with Crippen LogP contribution in [-0.2, 0) is 0 Å². The molecule has 1 unspecified atom stereocenters. The Morgan fingerprint density at radius 1 is 1.16 bits per heavy atom. The van der Waals surface area contributed by atoms with Crippen molar-refractivity contribution in [2.75, 3.05) is 32.1 Å². The smallest absolute Gasteiger partial charge is 0.162 e. The number of fused-ring (bicyclic) bond motifs is 1. The van der Waals surface area contributed by atoms with Crippen molar-refractivity contribution in [2.45, 2.75) is 51.2 Å². The van der Waals surface area contributed by atoms with Crippen LogP contribution < -0.4 is 15.0 Å². The maximum atomic E-state index is 10.1. The highest BCUT2D eigenvalue weighted by Gasteiger charge is 2.24. The molecule has 3 N–H and O–H groups in total. The Balaban J connectivity index is 1.60. The van der Waals surface area contributed by atoms with Gasteiger partial charge in [0, 0.05) is 58.4 Å². The van der Waals surface area contributed by atoms with Gasteiger partial charge in [-0.25, -0.2) is 9.97 Å². The maximum absolute atomic E-state index is 10.1. The van der Waals surface area contributed by atoms with Crippen LogP contribution in [0.2, 0.25) is 5.02 Å². The lowest BCUT2D eigenvalue weighted by molar-refractivity contribution is 0.108. The van der Waals surface area contributed by atoms with Crippen LogP contribution in [0.1, 0.15) is 37.7 Å². The molecule has 1 fully saturated rings. The molecule has 200 valence electrons. The summed E-state index contributed by atoms with van der Waals surface area (Å²) < 4.78 is 5.87. The van der Waals surface area contributed by atoms with E-state index in [-0.39, 0.29) is 6.61 Å². The third-order valence-electron chi connectivity index (χ3n) is 7.43. The minimum atomic E-state index is -0.623. The molecule has 7 nitrogen and oxygen atoms in total. The number of likely N-dealkylation sites (N-methyl/N-ethyl adjacent to an activating group) is 1. The van der Waals surface area contributed by atoms with E-state index in [1.807, 2.05) is 24.4 Å². The molecule has 1 aliphatic rings. The van der Waals surface area contributed by atoms with E-state index in [9.17, 15) is 5.11 Å². The molecule has 1 aliphatic carbocycles. The molecule has 0 spiro atoms. The first-order valence-corrected chi connectivity index (χ1v) is 13.8. The highest BCUT2D eigenvalue weighted by molar-refractivity contribution is 6.31. The van der Waals surface area contributed by atoms with Crippen LogP contribution in [0.25, 0.3) is 33.5 Å². The van der Waals surface area contributed by atoms with Crippen molar-refractivity contribution in [3.8, 4) is 28.4 Å². The van der Waals surface area contributed by atoms with Crippen LogP contribution in [0.3, 0.4) is 0 Å². The lowest BCUT2D eigenvalue weighted by Crippen LogP contribution is -2.34. The normalized spacial score (nSPS) is 15.1. The summed E-state index contributed by atoms with van der Waals surface area (Å²) >= 11 is 6.52. The molecule has 0 amide bonds. The van der Waals surface area contributed by atoms with Gasteiger partial charge in [0.1, 0.15) is 24.3 Å². The van der Waals surface area contributed by atoms with Crippen molar-refractivity contribution in [3.63, 3.8) is 0 Å². The molecule has 38 heavy (non-hydrogen) atoms. The zero-order valence-electron chi connectivity index (χ0n) is 22.3. The minimum absolute atomic E-state index is 0.158. The molecule has 2 aromatic heterocycles. The molecule has 1 saturated carbocycles. The molecule has 1 atom stereocenters. The Morgan fingerprint density at radius 2 is 1.95 bits per heavy atom. The lowest BCUT2D eigenvalue weighted by atomic mass is 9.94. The first-order valence-electron chi connectivity index (χ1n) is 13.4. The Labute approximate surface area is 229 Å². The highest BCUT2D eigenvalue weighted by atomic mass is 35.5. The second-order valence-electron chi connectivity index (χ2n) is 10.2. The van der Waals surface area contributed by atoms with Gasteiger partial charge < -0.3 is 25.0 Å². The van der Waals surface area contributed by atoms with Gasteiger partial charge in [-0.15, -0.1) is 0 Å². The minimum Gasteiger partial charge on any atom is -0.491 e. The third-order valence-corrected chi connectivity index (χ3v) is 7.65. The van der Waals surface area contributed by atoms with E-state index < -0.39 is 6.10 Å². The number of halogens is 1. The van der Waals surface area contributed by atoms with Crippen molar-refractivity contribution >= 4 is 28.3 Å². The van der Waals surface area contributed by atoms with Gasteiger partial charge >= 0.3 is 0 Å². The van der Waals surface area contributed by atoms with E-state index in [1.165, 1.54) is 32.1 Å². The lowest BCUT2D eigenvalue weighted by Gasteiger charge is -2.33. The number of benzene rings is 2. The molecule has 0 aliphatic heterocycles. The van der Waals surface area contributed by atoms with Crippen molar-refractivity contribution in [3.05, 3.63) is 59.2 Å². The summed E-state index contributed by atoms with van der Waals surface area (Å²) in [5, 5.41) is 14.7. The van der Waals surface area contributed by atoms with Crippen molar-refractivity contribution in [1.29, 1.82) is 0 Å². The fourth-order valence-corrected chi connectivity index (χ4v) is 5.64. The Kier molecular flexibility index (Phi) is 8.17. The predicted octanol–water partition coefficient (Wildman–Crippen LogP) is 5.98. The SMILES string of the molecule is CNCC(O)COc1cc(Cl)cc(-c2nc(-c3c[nH]c4ccccc34)c(C)c(N(C)C3CCCCC3)n2)c1. The zero-order valence-corrected chi connectivity index (χ0v) is 23.1. The number of para-hydroxylation sites is 1. The van der Waals surface area contributed by atoms with E-state index in [0.717, 1.165) is 39.1 Å². The summed E-state index contributed by atoms with van der Waals surface area (Å²) in [6, 6.07) is 14.2. The Morgan fingerprint density at radius 3 is 2.74 bits per heavy atom. The third kappa shape index (κ3) is 5.65. The number of aromatic amines is 1. The summed E-state index contributed by atoms with van der Waals surface area (Å²) in [6.07, 6.45) is 7.54. The van der Waals surface area contributed by atoms with Crippen LogP contribution in [0.15, 0.2) is 48.7 Å². The van der Waals surface area contributed by atoms with Gasteiger partial charge in [0.15, 0.2) is 5.82 Å². The number of ether oxygens (including phenoxy) is 1. The average molecular weight is 534 g/mol. The first-order chi connectivity index (χ1) is 18.4. The number of hydrogen-bond donors (Lipinski definition) is 3. The van der Waals surface area contributed by atoms with Gasteiger partial charge in [0.2, 0.25) is 0 Å². The van der Waals surface area contributed by atoms with Crippen LogP contribution in [-0.4, -0.2) is 59.5 Å². The fourth-order valence-electron chi connectivity index (χ4n) is 5.41. The number of nitrogens with zero attached hydrogens (tertiary/aromatic N) is 3. The second-order valence-corrected chi connectivity index (χ2v) is 10.6. The van der Waals surface area contributed by atoms with E-state index in [4.69, 9.17) is 26.3 Å². The monoisotopic (exact) mass is 533 g/mol. The summed E-state index contributed by atoms with van der Waals surface area (Å²) in [4.78, 5) is 15.9. The molecule has 2 heterocycles. The number of rotatable bonds is 9. The predicted molar refractivity (Wildman–Crippen MR) is 155 cm³/mol. The van der Waals surface area contributed by atoms with Crippen LogP contribution >= 0.6 is 11.6 Å². The van der Waals surface area contributed by atoms with E-state index in [0.29, 0.717) is 29.2 Å². The van der Waals surface area contributed by atoms with Gasteiger partial charge in [-0.3, -0.25) is 0 Å². The van der Waals surface area contributed by atoms with E-state index in [1.54, 1.807) is 13.1 Å².